The van der Waals surface area contributed by atoms with Crippen LogP contribution in [0.4, 0.5) is 0 Å². The van der Waals surface area contributed by atoms with E-state index in [1.165, 1.54) is 7.11 Å². The molecular formula is C14H13BrO3. The second-order valence-electron chi connectivity index (χ2n) is 3.75. The number of hydrogen-bond donors (Lipinski definition) is 1. The zero-order chi connectivity index (χ0) is 13.0. The van der Waals surface area contributed by atoms with Gasteiger partial charge in [0.05, 0.1) is 7.11 Å². The van der Waals surface area contributed by atoms with E-state index >= 15 is 0 Å². The molecule has 0 saturated heterocycles. The summed E-state index contributed by atoms with van der Waals surface area (Å²) in [6.45, 7) is 0.424. The molecule has 94 valence electrons. The quantitative estimate of drug-likeness (QED) is 0.935. The Morgan fingerprint density at radius 2 is 2.00 bits per heavy atom. The first kappa shape index (κ1) is 12.8. The third kappa shape index (κ3) is 3.17. The van der Waals surface area contributed by atoms with E-state index in [1.807, 2.05) is 24.3 Å². The average molecular weight is 309 g/mol. The van der Waals surface area contributed by atoms with Crippen molar-refractivity contribution in [2.24, 2.45) is 0 Å². The molecule has 2 aromatic carbocycles. The Balaban J connectivity index is 2.06. The fraction of sp³-hybridized carbons (Fsp3) is 0.143. The minimum absolute atomic E-state index is 0.128. The van der Waals surface area contributed by atoms with Crippen LogP contribution in [0.5, 0.6) is 17.2 Å². The van der Waals surface area contributed by atoms with E-state index in [4.69, 9.17) is 9.47 Å². The summed E-state index contributed by atoms with van der Waals surface area (Å²) >= 11 is 3.39. The van der Waals surface area contributed by atoms with Crippen LogP contribution in [0.25, 0.3) is 0 Å². The van der Waals surface area contributed by atoms with Crippen molar-refractivity contribution < 1.29 is 14.6 Å². The molecule has 0 heterocycles. The molecule has 2 rings (SSSR count). The molecule has 0 amide bonds. The smallest absolute Gasteiger partial charge is 0.160 e. The Morgan fingerprint density at radius 3 is 2.72 bits per heavy atom. The van der Waals surface area contributed by atoms with Crippen molar-refractivity contribution >= 4 is 15.9 Å². The van der Waals surface area contributed by atoms with E-state index in [9.17, 15) is 5.11 Å². The lowest BCUT2D eigenvalue weighted by atomic mass is 10.2. The van der Waals surface area contributed by atoms with Crippen molar-refractivity contribution in [3.8, 4) is 17.2 Å². The minimum Gasteiger partial charge on any atom is -0.504 e. The average Bonchev–Trinajstić information content (AvgIpc) is 2.38. The van der Waals surface area contributed by atoms with Gasteiger partial charge in [-0.15, -0.1) is 0 Å². The van der Waals surface area contributed by atoms with Gasteiger partial charge in [0, 0.05) is 4.47 Å². The van der Waals surface area contributed by atoms with Gasteiger partial charge < -0.3 is 14.6 Å². The maximum atomic E-state index is 9.48. The van der Waals surface area contributed by atoms with Crippen LogP contribution in [0.1, 0.15) is 5.56 Å². The van der Waals surface area contributed by atoms with Gasteiger partial charge in [0.1, 0.15) is 12.4 Å². The molecule has 0 aliphatic carbocycles. The van der Waals surface area contributed by atoms with Crippen molar-refractivity contribution in [1.29, 1.82) is 0 Å². The number of aromatic hydroxyl groups is 1. The van der Waals surface area contributed by atoms with Crippen LogP contribution in [0.2, 0.25) is 0 Å². The maximum Gasteiger partial charge on any atom is 0.160 e. The molecule has 0 aliphatic rings. The highest BCUT2D eigenvalue weighted by molar-refractivity contribution is 9.10. The first-order valence-electron chi connectivity index (χ1n) is 5.43. The van der Waals surface area contributed by atoms with Crippen molar-refractivity contribution in [3.63, 3.8) is 0 Å². The Hall–Kier alpha value is -1.68. The molecule has 0 bridgehead atoms. The predicted octanol–water partition coefficient (Wildman–Crippen LogP) is 3.74. The summed E-state index contributed by atoms with van der Waals surface area (Å²) < 4.78 is 11.7. The molecule has 4 heteroatoms. The Bertz CT molecular complexity index is 540. The number of benzene rings is 2. The van der Waals surface area contributed by atoms with Gasteiger partial charge in [-0.2, -0.15) is 0 Å². The molecule has 0 aliphatic heterocycles. The number of phenolic OH excluding ortho intramolecular Hbond substituents is 1. The number of phenols is 1. The zero-order valence-electron chi connectivity index (χ0n) is 9.89. The Kier molecular flexibility index (Phi) is 4.10. The third-order valence-electron chi connectivity index (χ3n) is 2.45. The lowest BCUT2D eigenvalue weighted by molar-refractivity contribution is 0.304. The molecule has 0 aromatic heterocycles. The molecule has 1 N–H and O–H groups in total. The van der Waals surface area contributed by atoms with Crippen LogP contribution in [0.15, 0.2) is 46.9 Å². The van der Waals surface area contributed by atoms with Gasteiger partial charge in [-0.3, -0.25) is 0 Å². The fourth-order valence-corrected chi connectivity index (χ4v) is 1.91. The lowest BCUT2D eigenvalue weighted by Crippen LogP contribution is -1.96. The largest absolute Gasteiger partial charge is 0.504 e. The molecule has 0 saturated carbocycles. The second kappa shape index (κ2) is 5.78. The van der Waals surface area contributed by atoms with E-state index in [2.05, 4.69) is 15.9 Å². The molecule has 0 spiro atoms. The van der Waals surface area contributed by atoms with Gasteiger partial charge in [-0.05, 0) is 35.9 Å². The van der Waals surface area contributed by atoms with Gasteiger partial charge in [0.2, 0.25) is 0 Å². The van der Waals surface area contributed by atoms with Crippen molar-refractivity contribution in [1.82, 2.24) is 0 Å². The van der Waals surface area contributed by atoms with E-state index in [1.54, 1.807) is 18.2 Å². The van der Waals surface area contributed by atoms with Crippen molar-refractivity contribution in [2.45, 2.75) is 6.61 Å². The molecule has 18 heavy (non-hydrogen) atoms. The SMILES string of the molecule is COc1cc(COc2cccc(Br)c2)ccc1O. The van der Waals surface area contributed by atoms with E-state index in [0.717, 1.165) is 15.8 Å². The van der Waals surface area contributed by atoms with Gasteiger partial charge in [0.15, 0.2) is 11.5 Å². The number of ether oxygens (including phenoxy) is 2. The van der Waals surface area contributed by atoms with E-state index in [0.29, 0.717) is 12.4 Å². The Morgan fingerprint density at radius 1 is 1.17 bits per heavy atom. The van der Waals surface area contributed by atoms with Crippen LogP contribution in [0.3, 0.4) is 0 Å². The molecule has 0 radical (unpaired) electrons. The highest BCUT2D eigenvalue weighted by atomic mass is 79.9. The normalized spacial score (nSPS) is 10.1. The fourth-order valence-electron chi connectivity index (χ4n) is 1.54. The predicted molar refractivity (Wildman–Crippen MR) is 73.1 cm³/mol. The summed E-state index contributed by atoms with van der Waals surface area (Å²) in [6, 6.07) is 12.8. The highest BCUT2D eigenvalue weighted by Gasteiger charge is 2.03. The molecular weight excluding hydrogens is 296 g/mol. The van der Waals surface area contributed by atoms with Crippen LogP contribution < -0.4 is 9.47 Å². The van der Waals surface area contributed by atoms with Crippen LogP contribution in [-0.2, 0) is 6.61 Å². The lowest BCUT2D eigenvalue weighted by Gasteiger charge is -2.09. The zero-order valence-corrected chi connectivity index (χ0v) is 11.5. The summed E-state index contributed by atoms with van der Waals surface area (Å²) in [6.07, 6.45) is 0. The van der Waals surface area contributed by atoms with Gasteiger partial charge in [0.25, 0.3) is 0 Å². The highest BCUT2D eigenvalue weighted by Crippen LogP contribution is 2.27. The van der Waals surface area contributed by atoms with Gasteiger partial charge in [-0.25, -0.2) is 0 Å². The molecule has 3 nitrogen and oxygen atoms in total. The van der Waals surface area contributed by atoms with Crippen LogP contribution in [-0.4, -0.2) is 12.2 Å². The summed E-state index contributed by atoms with van der Waals surface area (Å²) in [5.74, 6) is 1.37. The van der Waals surface area contributed by atoms with Crippen LogP contribution >= 0.6 is 15.9 Å². The number of hydrogen-bond acceptors (Lipinski definition) is 3. The van der Waals surface area contributed by atoms with Crippen molar-refractivity contribution in [3.05, 3.63) is 52.5 Å². The first-order chi connectivity index (χ1) is 8.69. The maximum absolute atomic E-state index is 9.48. The Labute approximate surface area is 114 Å². The molecule has 0 atom stereocenters. The topological polar surface area (TPSA) is 38.7 Å². The standard InChI is InChI=1S/C14H13BrO3/c1-17-14-7-10(5-6-13(14)16)9-18-12-4-2-3-11(15)8-12/h2-8,16H,9H2,1H3. The third-order valence-corrected chi connectivity index (χ3v) is 2.94. The van der Waals surface area contributed by atoms with E-state index in [-0.39, 0.29) is 5.75 Å². The monoisotopic (exact) mass is 308 g/mol. The van der Waals surface area contributed by atoms with E-state index < -0.39 is 0 Å². The number of rotatable bonds is 4. The van der Waals surface area contributed by atoms with Gasteiger partial charge in [-0.1, -0.05) is 28.1 Å². The van der Waals surface area contributed by atoms with Crippen LogP contribution in [0, 0.1) is 0 Å². The molecule has 0 unspecified atom stereocenters. The molecule has 0 fully saturated rings. The number of halogens is 1. The first-order valence-corrected chi connectivity index (χ1v) is 6.22. The number of methoxy groups -OCH3 is 1. The summed E-state index contributed by atoms with van der Waals surface area (Å²) in [7, 11) is 1.52. The molecule has 2 aromatic rings. The minimum atomic E-state index is 0.128. The van der Waals surface area contributed by atoms with Gasteiger partial charge >= 0.3 is 0 Å². The van der Waals surface area contributed by atoms with Crippen molar-refractivity contribution in [2.75, 3.05) is 7.11 Å². The summed E-state index contributed by atoms with van der Waals surface area (Å²) in [4.78, 5) is 0. The second-order valence-corrected chi connectivity index (χ2v) is 4.67. The summed E-state index contributed by atoms with van der Waals surface area (Å²) in [5, 5.41) is 9.48. The summed E-state index contributed by atoms with van der Waals surface area (Å²) in [5.41, 5.74) is 0.935.